The molecule has 0 radical (unpaired) electrons. The van der Waals surface area contributed by atoms with Crippen LogP contribution in [0.25, 0.3) is 6.08 Å². The maximum atomic E-state index is 13.9. The summed E-state index contributed by atoms with van der Waals surface area (Å²) in [5.74, 6) is -7.43. The van der Waals surface area contributed by atoms with E-state index < -0.39 is 40.4 Å². The molecule has 9 heteroatoms. The highest BCUT2D eigenvalue weighted by atomic mass is 19.2. The minimum atomic E-state index is -1.67. The van der Waals surface area contributed by atoms with Gasteiger partial charge in [0.05, 0.1) is 6.42 Å². The number of imidazole rings is 1. The molecule has 0 spiro atoms. The Bertz CT molecular complexity index is 1100. The highest BCUT2D eigenvalue weighted by Crippen LogP contribution is 2.27. The number of benzene rings is 2. The lowest BCUT2D eigenvalue weighted by atomic mass is 10.1. The molecule has 2 N–H and O–H groups in total. The number of aromatic amines is 1. The van der Waals surface area contributed by atoms with Gasteiger partial charge in [0, 0.05) is 18.0 Å². The Labute approximate surface area is 168 Å². The van der Waals surface area contributed by atoms with Crippen molar-refractivity contribution in [3.05, 3.63) is 88.5 Å². The van der Waals surface area contributed by atoms with Gasteiger partial charge in [0.25, 0.3) is 0 Å². The zero-order chi connectivity index (χ0) is 21.8. The fraction of sp³-hybridized carbons (Fsp3) is 0.0952. The number of allylic oxidation sites excluding steroid dienone is 1. The average molecular weight is 417 g/mol. The van der Waals surface area contributed by atoms with Gasteiger partial charge in [0.1, 0.15) is 5.69 Å². The van der Waals surface area contributed by atoms with E-state index in [-0.39, 0.29) is 18.0 Å². The fourth-order valence-electron chi connectivity index (χ4n) is 2.62. The molecule has 0 saturated carbocycles. The molecule has 3 aromatic rings. The van der Waals surface area contributed by atoms with E-state index >= 15 is 0 Å². The first-order chi connectivity index (χ1) is 14.3. The maximum absolute atomic E-state index is 13.9. The van der Waals surface area contributed by atoms with Gasteiger partial charge in [-0.25, -0.2) is 22.5 Å². The monoisotopic (exact) mass is 417 g/mol. The molecule has 0 saturated heterocycles. The summed E-state index contributed by atoms with van der Waals surface area (Å²) in [6.07, 6.45) is 5.57. The third-order valence-electron chi connectivity index (χ3n) is 4.25. The Balaban J connectivity index is 1.66. The molecular formula is C21H15F4N3O2. The van der Waals surface area contributed by atoms with Gasteiger partial charge in [-0.2, -0.15) is 0 Å². The molecule has 0 aliphatic carbocycles. The van der Waals surface area contributed by atoms with Crippen LogP contribution in [0.3, 0.4) is 0 Å². The number of halogens is 4. The number of anilines is 1. The van der Waals surface area contributed by atoms with Crippen LogP contribution >= 0.6 is 0 Å². The molecule has 154 valence electrons. The highest BCUT2D eigenvalue weighted by Gasteiger charge is 2.24. The molecule has 1 aromatic heterocycles. The van der Waals surface area contributed by atoms with Crippen LogP contribution in [0.2, 0.25) is 0 Å². The number of hydrogen-bond acceptors (Lipinski definition) is 3. The van der Waals surface area contributed by atoms with Crippen LogP contribution < -0.4 is 5.32 Å². The number of carbonyl (C=O) groups excluding carboxylic acids is 2. The van der Waals surface area contributed by atoms with Crippen molar-refractivity contribution in [1.29, 1.82) is 0 Å². The Morgan fingerprint density at radius 3 is 2.23 bits per heavy atom. The standard InChI is InChI=1S/C21H15F4N3O2/c1-11-16(22)18(24)20(19(25)17(11)23)28-15(30)10-13-4-2-12(3-5-13)6-7-14(29)21-26-8-9-27-21/h2-9H,10H2,1H3,(H,26,27)(H,28,30)/b7-6+. The van der Waals surface area contributed by atoms with Crippen LogP contribution in [0.1, 0.15) is 27.3 Å². The summed E-state index contributed by atoms with van der Waals surface area (Å²) in [6.45, 7) is 0.890. The lowest BCUT2D eigenvalue weighted by Gasteiger charge is -2.11. The van der Waals surface area contributed by atoms with E-state index in [4.69, 9.17) is 0 Å². The summed E-state index contributed by atoms with van der Waals surface area (Å²) in [4.78, 5) is 30.4. The van der Waals surface area contributed by atoms with Crippen LogP contribution in [0.4, 0.5) is 23.2 Å². The lowest BCUT2D eigenvalue weighted by Crippen LogP contribution is -2.18. The predicted octanol–water partition coefficient (Wildman–Crippen LogP) is 4.35. The number of nitrogens with one attached hydrogen (secondary N) is 2. The number of ketones is 1. The van der Waals surface area contributed by atoms with Crippen molar-refractivity contribution >= 4 is 23.5 Å². The van der Waals surface area contributed by atoms with Crippen LogP contribution in [0.5, 0.6) is 0 Å². The second-order valence-electron chi connectivity index (χ2n) is 6.36. The molecule has 5 nitrogen and oxygen atoms in total. The Kier molecular flexibility index (Phi) is 6.10. The number of carbonyl (C=O) groups is 2. The van der Waals surface area contributed by atoms with Gasteiger partial charge in [0.2, 0.25) is 11.7 Å². The van der Waals surface area contributed by atoms with Gasteiger partial charge in [-0.15, -0.1) is 0 Å². The maximum Gasteiger partial charge on any atom is 0.228 e. The van der Waals surface area contributed by atoms with Gasteiger partial charge < -0.3 is 10.3 Å². The molecule has 0 atom stereocenters. The van der Waals surface area contributed by atoms with Gasteiger partial charge >= 0.3 is 0 Å². The summed E-state index contributed by atoms with van der Waals surface area (Å²) in [5, 5.41) is 1.87. The number of H-pyrrole nitrogens is 1. The quantitative estimate of drug-likeness (QED) is 0.271. The van der Waals surface area contributed by atoms with Gasteiger partial charge in [-0.05, 0) is 24.1 Å². The van der Waals surface area contributed by atoms with E-state index in [1.54, 1.807) is 30.3 Å². The van der Waals surface area contributed by atoms with E-state index in [2.05, 4.69) is 9.97 Å². The van der Waals surface area contributed by atoms with E-state index in [1.807, 2.05) is 5.32 Å². The molecule has 1 amide bonds. The molecule has 0 bridgehead atoms. The van der Waals surface area contributed by atoms with E-state index in [0.29, 0.717) is 11.1 Å². The van der Waals surface area contributed by atoms with Crippen molar-refractivity contribution in [2.24, 2.45) is 0 Å². The zero-order valence-electron chi connectivity index (χ0n) is 15.6. The highest BCUT2D eigenvalue weighted by molar-refractivity contribution is 6.04. The molecule has 3 rings (SSSR count). The summed E-state index contributed by atoms with van der Waals surface area (Å²) >= 11 is 0. The Morgan fingerprint density at radius 1 is 1.03 bits per heavy atom. The molecule has 0 unspecified atom stereocenters. The van der Waals surface area contributed by atoms with E-state index in [9.17, 15) is 27.2 Å². The van der Waals surface area contributed by atoms with Gasteiger partial charge in [-0.3, -0.25) is 9.59 Å². The summed E-state index contributed by atoms with van der Waals surface area (Å²) in [6, 6.07) is 6.39. The first-order valence-corrected chi connectivity index (χ1v) is 8.71. The molecule has 0 fully saturated rings. The van der Waals surface area contributed by atoms with Crippen LogP contribution in [-0.2, 0) is 11.2 Å². The summed E-state index contributed by atoms with van der Waals surface area (Å²) < 4.78 is 54.9. The van der Waals surface area contributed by atoms with Crippen molar-refractivity contribution < 1.29 is 27.2 Å². The van der Waals surface area contributed by atoms with Crippen LogP contribution in [0, 0.1) is 30.2 Å². The average Bonchev–Trinajstić information content (AvgIpc) is 3.28. The largest absolute Gasteiger partial charge is 0.342 e. The van der Waals surface area contributed by atoms with Gasteiger partial charge in [-0.1, -0.05) is 30.3 Å². The first-order valence-electron chi connectivity index (χ1n) is 8.71. The topological polar surface area (TPSA) is 74.8 Å². The number of hydrogen-bond donors (Lipinski definition) is 2. The Hall–Kier alpha value is -3.75. The Morgan fingerprint density at radius 2 is 1.67 bits per heavy atom. The lowest BCUT2D eigenvalue weighted by molar-refractivity contribution is -0.115. The number of amides is 1. The summed E-state index contributed by atoms with van der Waals surface area (Å²) in [5.41, 5.74) is -0.830. The predicted molar refractivity (Wildman–Crippen MR) is 102 cm³/mol. The second kappa shape index (κ2) is 8.73. The molecule has 0 aliphatic heterocycles. The smallest absolute Gasteiger partial charge is 0.228 e. The van der Waals surface area contributed by atoms with E-state index in [0.717, 1.165) is 6.92 Å². The number of aromatic nitrogens is 2. The third kappa shape index (κ3) is 4.45. The van der Waals surface area contributed by atoms with Crippen molar-refractivity contribution in [3.63, 3.8) is 0 Å². The van der Waals surface area contributed by atoms with Crippen molar-refractivity contribution in [3.8, 4) is 0 Å². The minimum absolute atomic E-state index is 0.197. The molecule has 1 heterocycles. The fourth-order valence-corrected chi connectivity index (χ4v) is 2.62. The van der Waals surface area contributed by atoms with Crippen LogP contribution in [-0.4, -0.2) is 21.7 Å². The number of nitrogens with zero attached hydrogens (tertiary/aromatic N) is 1. The normalized spacial score (nSPS) is 11.1. The SMILES string of the molecule is Cc1c(F)c(F)c(NC(=O)Cc2ccc(/C=C/C(=O)c3ncc[nH]3)cc2)c(F)c1F. The third-order valence-corrected chi connectivity index (χ3v) is 4.25. The first kappa shape index (κ1) is 21.0. The van der Waals surface area contributed by atoms with Crippen molar-refractivity contribution in [2.75, 3.05) is 5.32 Å². The molecule has 30 heavy (non-hydrogen) atoms. The molecule has 2 aromatic carbocycles. The summed E-state index contributed by atoms with van der Waals surface area (Å²) in [7, 11) is 0. The van der Waals surface area contributed by atoms with Crippen LogP contribution in [0.15, 0.2) is 42.7 Å². The zero-order valence-corrected chi connectivity index (χ0v) is 15.6. The number of rotatable bonds is 6. The molecule has 0 aliphatic rings. The second-order valence-corrected chi connectivity index (χ2v) is 6.36. The van der Waals surface area contributed by atoms with Crippen molar-refractivity contribution in [1.82, 2.24) is 9.97 Å². The molecular weight excluding hydrogens is 402 g/mol. The van der Waals surface area contributed by atoms with Gasteiger partial charge in [0.15, 0.2) is 29.1 Å². The minimum Gasteiger partial charge on any atom is -0.342 e. The van der Waals surface area contributed by atoms with Crippen molar-refractivity contribution in [2.45, 2.75) is 13.3 Å². The van der Waals surface area contributed by atoms with E-state index in [1.165, 1.54) is 18.5 Å².